The molecule has 5 nitrogen and oxygen atoms in total. The van der Waals surface area contributed by atoms with E-state index in [4.69, 9.17) is 10.2 Å². The van der Waals surface area contributed by atoms with Crippen LogP contribution < -0.4 is 5.32 Å². The summed E-state index contributed by atoms with van der Waals surface area (Å²) in [5, 5.41) is 17.7. The summed E-state index contributed by atoms with van der Waals surface area (Å²) >= 11 is 0. The van der Waals surface area contributed by atoms with Gasteiger partial charge in [-0.2, -0.15) is 0 Å². The van der Waals surface area contributed by atoms with Gasteiger partial charge in [0, 0.05) is 12.3 Å². The lowest BCUT2D eigenvalue weighted by Crippen LogP contribution is -2.30. The molecule has 0 aromatic heterocycles. The monoisotopic (exact) mass is 193 g/mol. The molecule has 0 bridgehead atoms. The Morgan fingerprint density at radius 1 is 1.42 bits per heavy atom. The molecule has 6 heteroatoms. The fraction of sp³-hybridized carbons (Fsp3) is 0.667. The van der Waals surface area contributed by atoms with Gasteiger partial charge in [0.1, 0.15) is 0 Å². The summed E-state index contributed by atoms with van der Waals surface area (Å²) in [7, 11) is -2.55. The molecule has 1 atom stereocenters. The van der Waals surface area contributed by atoms with Crippen LogP contribution in [0.5, 0.6) is 0 Å². The summed E-state index contributed by atoms with van der Waals surface area (Å²) in [5.74, 6) is 0.235. The largest absolute Gasteiger partial charge is 0.474 e. The predicted octanol–water partition coefficient (Wildman–Crippen LogP) is 1.10. The average Bonchev–Trinajstić information content (AvgIpc) is 2.31. The quantitative estimate of drug-likeness (QED) is 0.536. The first-order valence-corrected chi connectivity index (χ1v) is 5.37. The summed E-state index contributed by atoms with van der Waals surface area (Å²) in [4.78, 5) is 21.6. The molecule has 70 valence electrons. The van der Waals surface area contributed by atoms with Crippen molar-refractivity contribution in [2.75, 3.05) is 12.3 Å². The molecule has 1 saturated heterocycles. The molecule has 0 aliphatic carbocycles. The second-order valence-electron chi connectivity index (χ2n) is 2.63. The number of rotatable bonds is 0. The first kappa shape index (κ1) is 9.34. The molecule has 12 heavy (non-hydrogen) atoms. The van der Waals surface area contributed by atoms with Gasteiger partial charge < -0.3 is 15.5 Å². The number of hydrogen-bond acceptors (Lipinski definition) is 3. The highest BCUT2D eigenvalue weighted by Gasteiger charge is 2.48. The Morgan fingerprint density at radius 2 is 1.92 bits per heavy atom. The summed E-state index contributed by atoms with van der Waals surface area (Å²) < 4.78 is 0. The molecule has 1 unspecified atom stereocenters. The second-order valence-corrected chi connectivity index (χ2v) is 6.03. The molecule has 0 amide bonds. The van der Waals surface area contributed by atoms with Gasteiger partial charge >= 0.3 is 10.6 Å². The van der Waals surface area contributed by atoms with Gasteiger partial charge in [0.15, 0.2) is 0 Å². The van der Waals surface area contributed by atoms with Crippen LogP contribution in [0.3, 0.4) is 0 Å². The Morgan fingerprint density at radius 3 is 2.08 bits per heavy atom. The third kappa shape index (κ3) is 1.07. The number of nitrogens with one attached hydrogen (secondary N) is 1. The highest BCUT2D eigenvalue weighted by molar-refractivity contribution is 8.55. The molecular formula is C6H11NO4S. The molecule has 0 saturated carbocycles. The fourth-order valence-electron chi connectivity index (χ4n) is 1.29. The molecule has 0 spiro atoms. The van der Waals surface area contributed by atoms with Crippen LogP contribution in [-0.2, 0) is 0 Å². The fourth-order valence-corrected chi connectivity index (χ4v) is 3.59. The van der Waals surface area contributed by atoms with Crippen molar-refractivity contribution in [2.45, 2.75) is 12.3 Å². The lowest BCUT2D eigenvalue weighted by atomic mass is 10.7. The molecular weight excluding hydrogens is 182 g/mol. The van der Waals surface area contributed by atoms with Gasteiger partial charge in [-0.25, -0.2) is 9.59 Å². The van der Waals surface area contributed by atoms with Gasteiger partial charge in [-0.05, 0) is 17.0 Å². The van der Waals surface area contributed by atoms with Gasteiger partial charge in [-0.1, -0.05) is 0 Å². The number of hydrogen-bond donors (Lipinski definition) is 3. The van der Waals surface area contributed by atoms with E-state index in [9.17, 15) is 9.59 Å². The van der Waals surface area contributed by atoms with E-state index >= 15 is 0 Å². The smallest absolute Gasteiger partial charge is 0.358 e. The SMILES string of the molecule is CC1NCCS1(C(=O)O)C(=O)O. The summed E-state index contributed by atoms with van der Waals surface area (Å²) in [5.41, 5.74) is 0. The maximum Gasteiger partial charge on any atom is 0.358 e. The minimum absolute atomic E-state index is 0.235. The van der Waals surface area contributed by atoms with E-state index in [1.165, 1.54) is 0 Å². The van der Waals surface area contributed by atoms with Gasteiger partial charge in [-0.15, -0.1) is 0 Å². The van der Waals surface area contributed by atoms with Crippen LogP contribution in [0.4, 0.5) is 9.59 Å². The molecule has 1 aliphatic rings. The van der Waals surface area contributed by atoms with E-state index in [-0.39, 0.29) is 5.75 Å². The Kier molecular flexibility index (Phi) is 2.29. The van der Waals surface area contributed by atoms with Crippen molar-refractivity contribution in [3.8, 4) is 0 Å². The Bertz CT molecular complexity index is 216. The summed E-state index contributed by atoms with van der Waals surface area (Å²) in [6.07, 6.45) is 0. The van der Waals surface area contributed by atoms with Crippen LogP contribution in [-0.4, -0.2) is 38.5 Å². The van der Waals surface area contributed by atoms with Crippen LogP contribution in [0, 0.1) is 0 Å². The zero-order valence-corrected chi connectivity index (χ0v) is 7.43. The van der Waals surface area contributed by atoms with Crippen molar-refractivity contribution in [3.63, 3.8) is 0 Å². The topological polar surface area (TPSA) is 86.6 Å². The zero-order chi connectivity index (χ0) is 9.35. The number of carboxylic acid groups (broad SMARTS) is 2. The third-order valence-corrected chi connectivity index (χ3v) is 5.55. The highest BCUT2D eigenvalue weighted by Crippen LogP contribution is 2.54. The molecule has 1 fully saturated rings. The maximum absolute atomic E-state index is 10.8. The lowest BCUT2D eigenvalue weighted by Gasteiger charge is -2.28. The van der Waals surface area contributed by atoms with Crippen LogP contribution >= 0.6 is 10.0 Å². The average molecular weight is 193 g/mol. The molecule has 1 aliphatic heterocycles. The van der Waals surface area contributed by atoms with Crippen LogP contribution in [0.25, 0.3) is 0 Å². The molecule has 1 heterocycles. The van der Waals surface area contributed by atoms with E-state index in [0.29, 0.717) is 6.54 Å². The van der Waals surface area contributed by atoms with Gasteiger partial charge in [0.05, 0.1) is 5.37 Å². The lowest BCUT2D eigenvalue weighted by molar-refractivity contribution is 0.215. The first-order chi connectivity index (χ1) is 5.51. The standard InChI is InChI=1S/C6H11NO4S/c1-4-7-2-3-12(4,5(8)9)6(10)11/h4,7H,2-3H2,1H3,(H,8,9)(H,10,11). The van der Waals surface area contributed by atoms with Gasteiger partial charge in [-0.3, -0.25) is 0 Å². The van der Waals surface area contributed by atoms with Crippen molar-refractivity contribution >= 4 is 20.6 Å². The van der Waals surface area contributed by atoms with E-state index < -0.39 is 26.0 Å². The third-order valence-electron chi connectivity index (χ3n) is 2.08. The predicted molar refractivity (Wildman–Crippen MR) is 46.0 cm³/mol. The summed E-state index contributed by atoms with van der Waals surface area (Å²) in [6, 6.07) is 0. The number of carbonyl (C=O) groups is 2. The maximum atomic E-state index is 10.8. The van der Waals surface area contributed by atoms with E-state index in [0.717, 1.165) is 0 Å². The van der Waals surface area contributed by atoms with E-state index in [2.05, 4.69) is 5.32 Å². The second kappa shape index (κ2) is 2.95. The minimum atomic E-state index is -2.55. The van der Waals surface area contributed by atoms with Gasteiger partial charge in [0.25, 0.3) is 0 Å². The Balaban J connectivity index is 3.01. The first-order valence-electron chi connectivity index (χ1n) is 3.51. The van der Waals surface area contributed by atoms with Crippen molar-refractivity contribution in [1.29, 1.82) is 0 Å². The Labute approximate surface area is 71.1 Å². The van der Waals surface area contributed by atoms with Crippen LogP contribution in [0.2, 0.25) is 0 Å². The molecule has 1 rings (SSSR count). The molecule has 0 aromatic carbocycles. The normalized spacial score (nSPS) is 29.6. The van der Waals surface area contributed by atoms with Gasteiger partial charge in [0.2, 0.25) is 0 Å². The van der Waals surface area contributed by atoms with Crippen molar-refractivity contribution in [1.82, 2.24) is 5.32 Å². The highest BCUT2D eigenvalue weighted by atomic mass is 32.3. The van der Waals surface area contributed by atoms with E-state index in [1.807, 2.05) is 0 Å². The van der Waals surface area contributed by atoms with Crippen molar-refractivity contribution in [2.24, 2.45) is 0 Å². The van der Waals surface area contributed by atoms with Crippen LogP contribution in [0.1, 0.15) is 6.92 Å². The van der Waals surface area contributed by atoms with E-state index in [1.54, 1.807) is 6.92 Å². The molecule has 0 radical (unpaired) electrons. The van der Waals surface area contributed by atoms with Crippen molar-refractivity contribution < 1.29 is 19.8 Å². The van der Waals surface area contributed by atoms with Crippen LogP contribution in [0.15, 0.2) is 0 Å². The Hall–Kier alpha value is -0.750. The molecule has 0 aromatic rings. The minimum Gasteiger partial charge on any atom is -0.474 e. The summed E-state index contributed by atoms with van der Waals surface area (Å²) in [6.45, 7) is 2.10. The van der Waals surface area contributed by atoms with Crippen molar-refractivity contribution in [3.05, 3.63) is 0 Å². The zero-order valence-electron chi connectivity index (χ0n) is 6.61. The molecule has 3 N–H and O–H groups in total.